The zero-order valence-electron chi connectivity index (χ0n) is 12.4. The van der Waals surface area contributed by atoms with Gasteiger partial charge in [0.2, 0.25) is 0 Å². The minimum atomic E-state index is 0. The number of nitrogens with one attached hydrogen (secondary N) is 2. The number of nitrogens with zero attached hydrogens (tertiary/aromatic N) is 2. The third kappa shape index (κ3) is 3.55. The lowest BCUT2D eigenvalue weighted by molar-refractivity contribution is 0.169. The van der Waals surface area contributed by atoms with E-state index in [-0.39, 0.29) is 24.8 Å². The van der Waals surface area contributed by atoms with Gasteiger partial charge in [0.1, 0.15) is 0 Å². The maximum absolute atomic E-state index is 4.59. The molecule has 4 rings (SSSR count). The summed E-state index contributed by atoms with van der Waals surface area (Å²) in [7, 11) is 0. The summed E-state index contributed by atoms with van der Waals surface area (Å²) in [5.41, 5.74) is 4.40. The van der Waals surface area contributed by atoms with E-state index in [1.54, 1.807) is 5.56 Å². The van der Waals surface area contributed by atoms with Crippen molar-refractivity contribution < 1.29 is 0 Å². The van der Waals surface area contributed by atoms with Gasteiger partial charge in [0.05, 0.1) is 5.69 Å². The van der Waals surface area contributed by atoms with Crippen LogP contribution in [0, 0.1) is 0 Å². The lowest BCUT2D eigenvalue weighted by atomic mass is 10.0. The van der Waals surface area contributed by atoms with Crippen LogP contribution in [0.15, 0.2) is 0 Å². The molecule has 0 radical (unpaired) electrons. The van der Waals surface area contributed by atoms with Crippen molar-refractivity contribution in [1.82, 2.24) is 20.4 Å². The molecule has 1 aromatic heterocycles. The minimum Gasteiger partial charge on any atom is -0.317 e. The van der Waals surface area contributed by atoms with Crippen LogP contribution < -0.4 is 5.32 Å². The predicted octanol–water partition coefficient (Wildman–Crippen LogP) is 2.28. The van der Waals surface area contributed by atoms with Crippen LogP contribution in [0.4, 0.5) is 0 Å². The standard InChI is InChI=1S/C15H24N4.2ClH/c1-2-11(1)15-13-5-9-19(10-6-14(13)17-18-15)12-3-7-16-8-4-12;;/h11-12,16H,1-10H2,(H,17,18);2*1H. The molecule has 2 N–H and O–H groups in total. The summed E-state index contributed by atoms with van der Waals surface area (Å²) in [4.78, 5) is 2.73. The molecule has 6 heteroatoms. The summed E-state index contributed by atoms with van der Waals surface area (Å²) >= 11 is 0. The lowest BCUT2D eigenvalue weighted by Crippen LogP contribution is -2.44. The summed E-state index contributed by atoms with van der Waals surface area (Å²) in [6.45, 7) is 4.84. The number of aromatic amines is 1. The van der Waals surface area contributed by atoms with Crippen LogP contribution in [0.1, 0.15) is 48.6 Å². The molecule has 0 amide bonds. The van der Waals surface area contributed by atoms with Crippen LogP contribution in [-0.4, -0.2) is 47.3 Å². The third-order valence-corrected chi connectivity index (χ3v) is 5.07. The molecule has 0 atom stereocenters. The molecule has 0 spiro atoms. The van der Waals surface area contributed by atoms with E-state index in [9.17, 15) is 0 Å². The van der Waals surface area contributed by atoms with Crippen molar-refractivity contribution in [3.63, 3.8) is 0 Å². The third-order valence-electron chi connectivity index (χ3n) is 5.07. The van der Waals surface area contributed by atoms with E-state index in [4.69, 9.17) is 0 Å². The van der Waals surface area contributed by atoms with Crippen LogP contribution >= 0.6 is 24.8 Å². The van der Waals surface area contributed by atoms with Gasteiger partial charge in [-0.1, -0.05) is 0 Å². The monoisotopic (exact) mass is 332 g/mol. The van der Waals surface area contributed by atoms with Gasteiger partial charge in [0, 0.05) is 37.2 Å². The Morgan fingerprint density at radius 1 is 0.952 bits per heavy atom. The molecule has 1 aliphatic carbocycles. The smallest absolute Gasteiger partial charge is 0.0688 e. The molecule has 2 aliphatic heterocycles. The highest BCUT2D eigenvalue weighted by atomic mass is 35.5. The first kappa shape index (κ1) is 17.1. The van der Waals surface area contributed by atoms with Gasteiger partial charge >= 0.3 is 0 Å². The van der Waals surface area contributed by atoms with E-state index in [2.05, 4.69) is 20.4 Å². The second kappa shape index (κ2) is 7.32. The number of rotatable bonds is 2. The summed E-state index contributed by atoms with van der Waals surface area (Å²) in [5.74, 6) is 0.783. The molecular formula is C15H26Cl2N4. The topological polar surface area (TPSA) is 44.0 Å². The molecule has 0 aromatic carbocycles. The number of halogens is 2. The Morgan fingerprint density at radius 3 is 2.38 bits per heavy atom. The van der Waals surface area contributed by atoms with E-state index in [1.165, 1.54) is 76.1 Å². The van der Waals surface area contributed by atoms with Crippen molar-refractivity contribution in [1.29, 1.82) is 0 Å². The van der Waals surface area contributed by atoms with Gasteiger partial charge in [-0.2, -0.15) is 5.10 Å². The van der Waals surface area contributed by atoms with Gasteiger partial charge in [-0.25, -0.2) is 0 Å². The fraction of sp³-hybridized carbons (Fsp3) is 0.800. The average molecular weight is 333 g/mol. The highest BCUT2D eigenvalue weighted by Gasteiger charge is 2.32. The van der Waals surface area contributed by atoms with Crippen molar-refractivity contribution >= 4 is 24.8 Å². The van der Waals surface area contributed by atoms with E-state index in [0.717, 1.165) is 12.0 Å². The van der Waals surface area contributed by atoms with Crippen LogP contribution in [0.25, 0.3) is 0 Å². The second-order valence-electron chi connectivity index (χ2n) is 6.36. The molecule has 1 saturated heterocycles. The fourth-order valence-electron chi connectivity index (χ4n) is 3.76. The molecule has 3 heterocycles. The van der Waals surface area contributed by atoms with Gasteiger partial charge in [-0.05, 0) is 50.8 Å². The Labute approximate surface area is 139 Å². The quantitative estimate of drug-likeness (QED) is 0.873. The van der Waals surface area contributed by atoms with Gasteiger partial charge in [0.15, 0.2) is 0 Å². The van der Waals surface area contributed by atoms with E-state index < -0.39 is 0 Å². The largest absolute Gasteiger partial charge is 0.317 e. The number of fused-ring (bicyclic) bond motifs is 1. The first-order chi connectivity index (χ1) is 9.42. The van der Waals surface area contributed by atoms with Crippen LogP contribution in [-0.2, 0) is 12.8 Å². The first-order valence-electron chi connectivity index (χ1n) is 7.92. The van der Waals surface area contributed by atoms with Crippen LogP contribution in [0.5, 0.6) is 0 Å². The molecule has 1 saturated carbocycles. The molecule has 0 unspecified atom stereocenters. The summed E-state index contributed by atoms with van der Waals surface area (Å²) in [6.07, 6.45) is 7.73. The van der Waals surface area contributed by atoms with Gasteiger partial charge in [-0.15, -0.1) is 24.8 Å². The number of hydrogen-bond donors (Lipinski definition) is 2. The highest BCUT2D eigenvalue weighted by Crippen LogP contribution is 2.41. The predicted molar refractivity (Wildman–Crippen MR) is 89.9 cm³/mol. The molecule has 1 aromatic rings. The van der Waals surface area contributed by atoms with Crippen molar-refractivity contribution in [2.75, 3.05) is 26.2 Å². The van der Waals surface area contributed by atoms with E-state index in [1.807, 2.05) is 0 Å². The van der Waals surface area contributed by atoms with Crippen LogP contribution in [0.3, 0.4) is 0 Å². The SMILES string of the molecule is C1CC(N2CCc3[nH]nc(C4CC4)c3CC2)CCN1.Cl.Cl. The number of aromatic nitrogens is 2. The van der Waals surface area contributed by atoms with E-state index >= 15 is 0 Å². The normalized spacial score (nSPS) is 23.6. The minimum absolute atomic E-state index is 0. The van der Waals surface area contributed by atoms with Crippen LogP contribution in [0.2, 0.25) is 0 Å². The second-order valence-corrected chi connectivity index (χ2v) is 6.36. The number of hydrogen-bond acceptors (Lipinski definition) is 3. The number of piperidine rings is 1. The molecule has 2 fully saturated rings. The van der Waals surface area contributed by atoms with Crippen molar-refractivity contribution in [3.8, 4) is 0 Å². The van der Waals surface area contributed by atoms with Gasteiger partial charge in [-0.3, -0.25) is 10.00 Å². The molecule has 120 valence electrons. The summed E-state index contributed by atoms with van der Waals surface area (Å²) in [5, 5.41) is 11.4. The molecule has 4 nitrogen and oxygen atoms in total. The van der Waals surface area contributed by atoms with Crippen molar-refractivity contribution in [2.45, 2.75) is 50.5 Å². The Morgan fingerprint density at radius 2 is 1.67 bits per heavy atom. The van der Waals surface area contributed by atoms with Crippen molar-refractivity contribution in [2.24, 2.45) is 0 Å². The maximum atomic E-state index is 4.59. The number of H-pyrrole nitrogens is 1. The summed E-state index contributed by atoms with van der Waals surface area (Å²) < 4.78 is 0. The first-order valence-corrected chi connectivity index (χ1v) is 7.92. The molecule has 21 heavy (non-hydrogen) atoms. The Balaban J connectivity index is 0.000000807. The summed E-state index contributed by atoms with van der Waals surface area (Å²) in [6, 6.07) is 0.808. The lowest BCUT2D eigenvalue weighted by Gasteiger charge is -2.33. The molecule has 0 bridgehead atoms. The Bertz CT molecular complexity index is 453. The van der Waals surface area contributed by atoms with Gasteiger partial charge in [0.25, 0.3) is 0 Å². The zero-order valence-corrected chi connectivity index (χ0v) is 14.1. The molecule has 3 aliphatic rings. The average Bonchev–Trinajstić information content (AvgIpc) is 3.26. The maximum Gasteiger partial charge on any atom is 0.0688 e. The van der Waals surface area contributed by atoms with Gasteiger partial charge < -0.3 is 5.32 Å². The van der Waals surface area contributed by atoms with Crippen molar-refractivity contribution in [3.05, 3.63) is 17.0 Å². The zero-order chi connectivity index (χ0) is 12.7. The fourth-order valence-corrected chi connectivity index (χ4v) is 3.76. The Kier molecular flexibility index (Phi) is 5.95. The molecular weight excluding hydrogens is 307 g/mol. The Hall–Kier alpha value is -0.290. The highest BCUT2D eigenvalue weighted by molar-refractivity contribution is 5.85. The van der Waals surface area contributed by atoms with E-state index in [0.29, 0.717) is 0 Å².